The highest BCUT2D eigenvalue weighted by atomic mass is 35.5. The Morgan fingerprint density at radius 1 is 1.40 bits per heavy atom. The van der Waals surface area contributed by atoms with Crippen LogP contribution in [0.1, 0.15) is 42.1 Å². The van der Waals surface area contributed by atoms with Crippen molar-refractivity contribution in [2.45, 2.75) is 38.1 Å². The molecule has 1 aliphatic rings. The van der Waals surface area contributed by atoms with Crippen molar-refractivity contribution < 1.29 is 0 Å². The second kappa shape index (κ2) is 6.15. The molecule has 106 valence electrons. The van der Waals surface area contributed by atoms with E-state index < -0.39 is 0 Å². The van der Waals surface area contributed by atoms with Gasteiger partial charge in [-0.1, -0.05) is 25.1 Å². The van der Waals surface area contributed by atoms with Crippen molar-refractivity contribution in [1.29, 1.82) is 0 Å². The highest BCUT2D eigenvalue weighted by molar-refractivity contribution is 7.09. The van der Waals surface area contributed by atoms with E-state index in [1.165, 1.54) is 29.1 Å². The molecule has 1 aliphatic heterocycles. The zero-order valence-corrected chi connectivity index (χ0v) is 13.3. The Morgan fingerprint density at radius 3 is 3.00 bits per heavy atom. The maximum Gasteiger partial charge on any atom is 0.115 e. The summed E-state index contributed by atoms with van der Waals surface area (Å²) in [5.41, 5.74) is 3.84. The molecule has 0 amide bonds. The highest BCUT2D eigenvalue weighted by Crippen LogP contribution is 2.36. The van der Waals surface area contributed by atoms with Gasteiger partial charge in [0.15, 0.2) is 0 Å². The van der Waals surface area contributed by atoms with Crippen molar-refractivity contribution in [3.8, 4) is 0 Å². The number of aryl methyl sites for hydroxylation is 1. The van der Waals surface area contributed by atoms with Crippen LogP contribution in [-0.4, -0.2) is 11.5 Å². The predicted molar refractivity (Wildman–Crippen MR) is 86.8 cm³/mol. The summed E-state index contributed by atoms with van der Waals surface area (Å²) < 4.78 is 0. The van der Waals surface area contributed by atoms with Gasteiger partial charge in [0.25, 0.3) is 0 Å². The van der Waals surface area contributed by atoms with Crippen LogP contribution >= 0.6 is 22.9 Å². The van der Waals surface area contributed by atoms with E-state index in [9.17, 15) is 0 Å². The number of nitrogens with zero attached hydrogens (tertiary/aromatic N) is 2. The molecule has 0 radical (unpaired) electrons. The first-order chi connectivity index (χ1) is 9.83. The van der Waals surface area contributed by atoms with E-state index in [-0.39, 0.29) is 0 Å². The van der Waals surface area contributed by atoms with Crippen LogP contribution in [0.15, 0.2) is 29.6 Å². The second-order valence-electron chi connectivity index (χ2n) is 5.16. The first-order valence-corrected chi connectivity index (χ1v) is 8.59. The largest absolute Gasteiger partial charge is 0.362 e. The number of benzene rings is 1. The topological polar surface area (TPSA) is 16.1 Å². The van der Waals surface area contributed by atoms with E-state index in [2.05, 4.69) is 41.5 Å². The number of halogens is 1. The Kier molecular flexibility index (Phi) is 4.27. The van der Waals surface area contributed by atoms with Crippen molar-refractivity contribution in [2.24, 2.45) is 0 Å². The first-order valence-electron chi connectivity index (χ1n) is 7.18. The van der Waals surface area contributed by atoms with Crippen LogP contribution in [0.25, 0.3) is 0 Å². The number of alkyl halides is 1. The van der Waals surface area contributed by atoms with Crippen molar-refractivity contribution in [3.63, 3.8) is 0 Å². The lowest BCUT2D eigenvalue weighted by Crippen LogP contribution is -2.33. The summed E-state index contributed by atoms with van der Waals surface area (Å²) in [5.74, 6) is 0.503. The smallest absolute Gasteiger partial charge is 0.115 e. The number of hydrogen-bond acceptors (Lipinski definition) is 3. The minimum absolute atomic E-state index is 0.374. The van der Waals surface area contributed by atoms with Gasteiger partial charge in [-0.05, 0) is 30.9 Å². The second-order valence-corrected chi connectivity index (χ2v) is 6.32. The Morgan fingerprint density at radius 2 is 2.25 bits per heavy atom. The Hall–Kier alpha value is -1.06. The molecule has 2 nitrogen and oxygen atoms in total. The quantitative estimate of drug-likeness (QED) is 0.755. The molecule has 0 saturated carbocycles. The third-order valence-electron chi connectivity index (χ3n) is 3.90. The van der Waals surface area contributed by atoms with Crippen LogP contribution in [0.4, 0.5) is 5.69 Å². The summed E-state index contributed by atoms with van der Waals surface area (Å²) in [6.07, 6.45) is 3.48. The fourth-order valence-electron chi connectivity index (χ4n) is 2.95. The molecule has 0 spiro atoms. The fourth-order valence-corrected chi connectivity index (χ4v) is 4.19. The predicted octanol–water partition coefficient (Wildman–Crippen LogP) is 4.79. The number of fused-ring (bicyclic) bond motifs is 1. The van der Waals surface area contributed by atoms with E-state index in [4.69, 9.17) is 16.6 Å². The Balaban J connectivity index is 1.94. The van der Waals surface area contributed by atoms with Gasteiger partial charge in [-0.3, -0.25) is 0 Å². The molecule has 20 heavy (non-hydrogen) atoms. The molecule has 1 aromatic carbocycles. The van der Waals surface area contributed by atoms with Crippen molar-refractivity contribution in [3.05, 3.63) is 45.9 Å². The Labute approximate surface area is 129 Å². The van der Waals surface area contributed by atoms with Gasteiger partial charge >= 0.3 is 0 Å². The minimum Gasteiger partial charge on any atom is -0.362 e. The average molecular weight is 307 g/mol. The van der Waals surface area contributed by atoms with Crippen LogP contribution < -0.4 is 4.90 Å². The molecular weight excluding hydrogens is 288 g/mol. The van der Waals surface area contributed by atoms with Gasteiger partial charge in [0.05, 0.1) is 17.6 Å². The van der Waals surface area contributed by atoms with Gasteiger partial charge in [-0.25, -0.2) is 4.98 Å². The minimum atomic E-state index is 0.374. The molecule has 0 aliphatic carbocycles. The van der Waals surface area contributed by atoms with Crippen LogP contribution in [0.3, 0.4) is 0 Å². The molecule has 0 saturated heterocycles. The molecule has 1 unspecified atom stereocenters. The lowest BCUT2D eigenvalue weighted by atomic mass is 9.99. The normalized spacial score (nSPS) is 16.0. The summed E-state index contributed by atoms with van der Waals surface area (Å²) in [5, 5.41) is 3.28. The molecule has 3 rings (SSSR count). The summed E-state index contributed by atoms with van der Waals surface area (Å²) in [6, 6.07) is 9.14. The van der Waals surface area contributed by atoms with Gasteiger partial charge < -0.3 is 4.90 Å². The Bertz CT molecular complexity index is 581. The summed E-state index contributed by atoms with van der Waals surface area (Å²) in [6.45, 7) is 3.36. The van der Waals surface area contributed by atoms with Gasteiger partial charge in [-0.2, -0.15) is 0 Å². The van der Waals surface area contributed by atoms with Gasteiger partial charge in [0, 0.05) is 17.6 Å². The van der Waals surface area contributed by atoms with E-state index in [0.29, 0.717) is 11.9 Å². The average Bonchev–Trinajstić information content (AvgIpc) is 2.97. The highest BCUT2D eigenvalue weighted by Gasteiger charge is 2.26. The fraction of sp³-hybridized carbons (Fsp3) is 0.438. The van der Waals surface area contributed by atoms with Crippen molar-refractivity contribution in [2.75, 3.05) is 11.4 Å². The van der Waals surface area contributed by atoms with E-state index >= 15 is 0 Å². The first kappa shape index (κ1) is 13.9. The molecular formula is C16H19ClN2S. The lowest BCUT2D eigenvalue weighted by Gasteiger charge is -2.36. The number of aromatic nitrogens is 1. The van der Waals surface area contributed by atoms with Crippen LogP contribution in [0.2, 0.25) is 0 Å². The number of hydrogen-bond donors (Lipinski definition) is 0. The number of para-hydroxylation sites is 1. The van der Waals surface area contributed by atoms with Crippen molar-refractivity contribution >= 4 is 28.6 Å². The molecule has 1 atom stereocenters. The third-order valence-corrected chi connectivity index (χ3v) is 5.17. The van der Waals surface area contributed by atoms with Gasteiger partial charge in [0.2, 0.25) is 0 Å². The number of rotatable bonds is 4. The maximum absolute atomic E-state index is 5.89. The molecule has 2 heterocycles. The molecule has 4 heteroatoms. The summed E-state index contributed by atoms with van der Waals surface area (Å²) in [7, 11) is 0. The molecule has 1 aromatic heterocycles. The van der Waals surface area contributed by atoms with E-state index in [1.807, 2.05) is 0 Å². The standard InChI is InChI=1S/C16H19ClN2S/c1-2-14(16-18-13(10-17)11-20-16)19-9-5-7-12-6-3-4-8-15(12)19/h3-4,6,8,11,14H,2,5,7,9-10H2,1H3. The van der Waals surface area contributed by atoms with Crippen LogP contribution in [0.5, 0.6) is 0 Å². The zero-order chi connectivity index (χ0) is 13.9. The molecule has 0 bridgehead atoms. The zero-order valence-electron chi connectivity index (χ0n) is 11.7. The van der Waals surface area contributed by atoms with Crippen molar-refractivity contribution in [1.82, 2.24) is 4.98 Å². The lowest BCUT2D eigenvalue weighted by molar-refractivity contribution is 0.565. The monoisotopic (exact) mass is 306 g/mol. The third kappa shape index (κ3) is 2.57. The van der Waals surface area contributed by atoms with Crippen LogP contribution in [0, 0.1) is 0 Å². The SMILES string of the molecule is CCC(c1nc(CCl)cs1)N1CCCc2ccccc21. The van der Waals surface area contributed by atoms with Gasteiger partial charge in [0.1, 0.15) is 5.01 Å². The van der Waals surface area contributed by atoms with Gasteiger partial charge in [-0.15, -0.1) is 22.9 Å². The summed E-state index contributed by atoms with van der Waals surface area (Å²) in [4.78, 5) is 7.22. The molecule has 0 fully saturated rings. The number of anilines is 1. The molecule has 2 aromatic rings. The van der Waals surface area contributed by atoms with E-state index in [1.54, 1.807) is 11.3 Å². The number of thiazole rings is 1. The maximum atomic E-state index is 5.89. The molecule has 0 N–H and O–H groups in total. The summed E-state index contributed by atoms with van der Waals surface area (Å²) >= 11 is 7.62. The van der Waals surface area contributed by atoms with E-state index in [0.717, 1.165) is 18.7 Å². The van der Waals surface area contributed by atoms with Crippen LogP contribution in [-0.2, 0) is 12.3 Å².